The average Bonchev–Trinajstić information content (AvgIpc) is 2.37. The van der Waals surface area contributed by atoms with Crippen LogP contribution in [0.15, 0.2) is 18.2 Å². The Morgan fingerprint density at radius 1 is 1.04 bits per heavy atom. The van der Waals surface area contributed by atoms with Gasteiger partial charge in [0, 0.05) is 6.54 Å². The van der Waals surface area contributed by atoms with E-state index in [9.17, 15) is 14.7 Å². The fourth-order valence-electron chi connectivity index (χ4n) is 1.79. The largest absolute Gasteiger partial charge is 0.514 e. The highest BCUT2D eigenvalue weighted by Crippen LogP contribution is 2.27. The van der Waals surface area contributed by atoms with Crippen LogP contribution in [-0.2, 0) is 15.9 Å². The minimum absolute atomic E-state index is 0.0121. The standard InChI is InChI=1S/C18H27NO6/c1-17(2,3)24-15(21)19-10-9-12-7-8-14(13(20)11-12)23-16(22)25-18(4,5)6/h7-8,11,20H,9-10H2,1-6H3,(H,19,21). The van der Waals surface area contributed by atoms with Crippen LogP contribution < -0.4 is 10.1 Å². The molecule has 2 N–H and O–H groups in total. The first-order valence-electron chi connectivity index (χ1n) is 8.05. The number of amides is 1. The van der Waals surface area contributed by atoms with Crippen molar-refractivity contribution in [3.63, 3.8) is 0 Å². The Bertz CT molecular complexity index is 613. The van der Waals surface area contributed by atoms with Gasteiger partial charge in [-0.05, 0) is 65.7 Å². The van der Waals surface area contributed by atoms with E-state index in [1.165, 1.54) is 12.1 Å². The molecule has 0 saturated carbocycles. The zero-order chi connectivity index (χ0) is 19.3. The number of phenolic OH excluding ortho intramolecular Hbond substituents is 1. The van der Waals surface area contributed by atoms with Gasteiger partial charge < -0.3 is 24.6 Å². The number of ether oxygens (including phenoxy) is 3. The number of alkyl carbamates (subject to hydrolysis) is 1. The van der Waals surface area contributed by atoms with Crippen molar-refractivity contribution in [3.05, 3.63) is 23.8 Å². The maximum Gasteiger partial charge on any atom is 0.514 e. The molecule has 1 rings (SSSR count). The summed E-state index contributed by atoms with van der Waals surface area (Å²) in [5.74, 6) is -0.168. The van der Waals surface area contributed by atoms with Crippen molar-refractivity contribution >= 4 is 12.2 Å². The SMILES string of the molecule is CC(C)(C)OC(=O)NCCc1ccc(OC(=O)OC(C)(C)C)c(O)c1. The molecule has 1 amide bonds. The van der Waals surface area contributed by atoms with Crippen molar-refractivity contribution in [1.29, 1.82) is 0 Å². The summed E-state index contributed by atoms with van der Waals surface area (Å²) in [6.45, 7) is 10.9. The van der Waals surface area contributed by atoms with E-state index in [0.717, 1.165) is 5.56 Å². The summed E-state index contributed by atoms with van der Waals surface area (Å²) in [6, 6.07) is 4.63. The van der Waals surface area contributed by atoms with Crippen molar-refractivity contribution < 1.29 is 28.9 Å². The van der Waals surface area contributed by atoms with Crippen molar-refractivity contribution in [1.82, 2.24) is 5.32 Å². The molecule has 140 valence electrons. The van der Waals surface area contributed by atoms with Crippen LogP contribution in [0.3, 0.4) is 0 Å². The van der Waals surface area contributed by atoms with Gasteiger partial charge in [-0.3, -0.25) is 0 Å². The molecule has 7 heteroatoms. The highest BCUT2D eigenvalue weighted by molar-refractivity contribution is 5.67. The van der Waals surface area contributed by atoms with Crippen LogP contribution in [0.2, 0.25) is 0 Å². The lowest BCUT2D eigenvalue weighted by Gasteiger charge is -2.19. The van der Waals surface area contributed by atoms with E-state index in [4.69, 9.17) is 14.2 Å². The highest BCUT2D eigenvalue weighted by Gasteiger charge is 2.19. The fraction of sp³-hybridized carbons (Fsp3) is 0.556. The third-order valence-electron chi connectivity index (χ3n) is 2.69. The maximum absolute atomic E-state index is 11.6. The molecule has 0 spiro atoms. The number of hydrogen-bond acceptors (Lipinski definition) is 6. The van der Waals surface area contributed by atoms with Crippen molar-refractivity contribution in [3.8, 4) is 11.5 Å². The minimum Gasteiger partial charge on any atom is -0.504 e. The molecule has 1 aromatic rings. The molecular formula is C18H27NO6. The summed E-state index contributed by atoms with van der Waals surface area (Å²) in [5, 5.41) is 12.6. The lowest BCUT2D eigenvalue weighted by molar-refractivity contribution is 0.0200. The summed E-state index contributed by atoms with van der Waals surface area (Å²) in [4.78, 5) is 23.2. The van der Waals surface area contributed by atoms with Crippen LogP contribution in [0.4, 0.5) is 9.59 Å². The van der Waals surface area contributed by atoms with E-state index in [-0.39, 0.29) is 11.5 Å². The van der Waals surface area contributed by atoms with E-state index >= 15 is 0 Å². The summed E-state index contributed by atoms with van der Waals surface area (Å²) in [5.41, 5.74) is -0.465. The van der Waals surface area contributed by atoms with Gasteiger partial charge in [0.2, 0.25) is 0 Å². The molecule has 0 atom stereocenters. The quantitative estimate of drug-likeness (QED) is 0.632. The van der Waals surface area contributed by atoms with Gasteiger partial charge in [0.1, 0.15) is 11.2 Å². The van der Waals surface area contributed by atoms with E-state index < -0.39 is 23.5 Å². The number of benzene rings is 1. The monoisotopic (exact) mass is 353 g/mol. The highest BCUT2D eigenvalue weighted by atomic mass is 16.7. The number of hydrogen-bond donors (Lipinski definition) is 2. The molecule has 7 nitrogen and oxygen atoms in total. The predicted molar refractivity (Wildman–Crippen MR) is 92.9 cm³/mol. The maximum atomic E-state index is 11.6. The van der Waals surface area contributed by atoms with Crippen LogP contribution in [0, 0.1) is 0 Å². The molecule has 0 aromatic heterocycles. The Balaban J connectivity index is 2.53. The third-order valence-corrected chi connectivity index (χ3v) is 2.69. The van der Waals surface area contributed by atoms with Gasteiger partial charge in [0.05, 0.1) is 0 Å². The van der Waals surface area contributed by atoms with Crippen molar-refractivity contribution in [2.75, 3.05) is 6.54 Å². The number of aromatic hydroxyl groups is 1. The summed E-state index contributed by atoms with van der Waals surface area (Å²) >= 11 is 0. The number of phenols is 1. The zero-order valence-corrected chi connectivity index (χ0v) is 15.6. The van der Waals surface area contributed by atoms with Crippen LogP contribution in [0.5, 0.6) is 11.5 Å². The smallest absolute Gasteiger partial charge is 0.504 e. The van der Waals surface area contributed by atoms with Crippen LogP contribution in [0.25, 0.3) is 0 Å². The zero-order valence-electron chi connectivity index (χ0n) is 15.6. The predicted octanol–water partition coefficient (Wildman–Crippen LogP) is 3.77. The molecule has 0 radical (unpaired) electrons. The van der Waals surface area contributed by atoms with Crippen LogP contribution in [0.1, 0.15) is 47.1 Å². The molecule has 0 unspecified atom stereocenters. The van der Waals surface area contributed by atoms with E-state index in [2.05, 4.69) is 5.32 Å². The van der Waals surface area contributed by atoms with Gasteiger partial charge in [-0.25, -0.2) is 9.59 Å². The van der Waals surface area contributed by atoms with Crippen LogP contribution >= 0.6 is 0 Å². The lowest BCUT2D eigenvalue weighted by atomic mass is 10.1. The Morgan fingerprint density at radius 2 is 1.64 bits per heavy atom. The molecule has 0 aliphatic rings. The molecule has 0 saturated heterocycles. The van der Waals surface area contributed by atoms with Gasteiger partial charge in [-0.1, -0.05) is 6.07 Å². The third kappa shape index (κ3) is 8.83. The second-order valence-electron chi connectivity index (χ2n) is 7.55. The average molecular weight is 353 g/mol. The summed E-state index contributed by atoms with van der Waals surface area (Å²) < 4.78 is 15.1. The molecule has 0 aliphatic heterocycles. The van der Waals surface area contributed by atoms with Gasteiger partial charge in [0.15, 0.2) is 11.5 Å². The summed E-state index contributed by atoms with van der Waals surface area (Å²) in [6.07, 6.45) is -0.900. The molecule has 25 heavy (non-hydrogen) atoms. The Kier molecular flexibility index (Phi) is 6.67. The van der Waals surface area contributed by atoms with E-state index in [1.807, 2.05) is 0 Å². The molecule has 1 aromatic carbocycles. The van der Waals surface area contributed by atoms with Crippen molar-refractivity contribution in [2.24, 2.45) is 0 Å². The van der Waals surface area contributed by atoms with Gasteiger partial charge in [-0.2, -0.15) is 0 Å². The number of rotatable bonds is 4. The first-order valence-corrected chi connectivity index (χ1v) is 8.05. The van der Waals surface area contributed by atoms with E-state index in [1.54, 1.807) is 47.6 Å². The Morgan fingerprint density at radius 3 is 2.16 bits per heavy atom. The molecular weight excluding hydrogens is 326 g/mol. The van der Waals surface area contributed by atoms with Crippen molar-refractivity contribution in [2.45, 2.75) is 59.2 Å². The fourth-order valence-corrected chi connectivity index (χ4v) is 1.79. The summed E-state index contributed by atoms with van der Waals surface area (Å²) in [7, 11) is 0. The van der Waals surface area contributed by atoms with Crippen LogP contribution in [-0.4, -0.2) is 35.1 Å². The molecule has 0 heterocycles. The normalized spacial score (nSPS) is 11.6. The second-order valence-corrected chi connectivity index (χ2v) is 7.55. The first kappa shape index (κ1) is 20.6. The Labute approximate surface area is 148 Å². The van der Waals surface area contributed by atoms with Gasteiger partial charge in [-0.15, -0.1) is 0 Å². The topological polar surface area (TPSA) is 94.1 Å². The van der Waals surface area contributed by atoms with Gasteiger partial charge >= 0.3 is 12.2 Å². The lowest BCUT2D eigenvalue weighted by Crippen LogP contribution is -2.33. The number of nitrogens with one attached hydrogen (secondary N) is 1. The molecule has 0 fully saturated rings. The number of carbonyl (C=O) groups excluding carboxylic acids is 2. The van der Waals surface area contributed by atoms with Gasteiger partial charge in [0.25, 0.3) is 0 Å². The first-order chi connectivity index (χ1) is 11.4. The minimum atomic E-state index is -0.887. The second kappa shape index (κ2) is 8.09. The molecule has 0 aliphatic carbocycles. The number of carbonyl (C=O) groups is 2. The Hall–Kier alpha value is -2.44. The molecule has 0 bridgehead atoms. The van der Waals surface area contributed by atoms with E-state index in [0.29, 0.717) is 13.0 Å².